The normalized spacial score (nSPS) is 18.0. The zero-order valence-corrected chi connectivity index (χ0v) is 18.4. The molecular formula is C29H28N2O. The predicted molar refractivity (Wildman–Crippen MR) is 132 cm³/mol. The molecule has 160 valence electrons. The number of anilines is 1. The molecular weight excluding hydrogens is 392 g/mol. The number of hydrogen-bond donors (Lipinski definition) is 0. The van der Waals surface area contributed by atoms with E-state index >= 15 is 0 Å². The maximum absolute atomic E-state index is 12.8. The van der Waals surface area contributed by atoms with Crippen LogP contribution in [-0.2, 0) is 6.42 Å². The van der Waals surface area contributed by atoms with Gasteiger partial charge in [-0.15, -0.1) is 0 Å². The third-order valence-corrected chi connectivity index (χ3v) is 7.31. The summed E-state index contributed by atoms with van der Waals surface area (Å²) in [5, 5.41) is 2.72. The number of amides is 1. The van der Waals surface area contributed by atoms with E-state index in [0.717, 1.165) is 38.2 Å². The highest BCUT2D eigenvalue weighted by Crippen LogP contribution is 2.40. The van der Waals surface area contributed by atoms with Crippen molar-refractivity contribution in [2.45, 2.75) is 25.7 Å². The van der Waals surface area contributed by atoms with Crippen molar-refractivity contribution >= 4 is 27.9 Å². The molecule has 0 N–H and O–H groups in total. The molecule has 0 radical (unpaired) electrons. The molecule has 3 nitrogen and oxygen atoms in total. The molecule has 1 heterocycles. The fraction of sp³-hybridized carbons (Fsp3) is 0.276. The molecule has 1 aliphatic heterocycles. The second-order valence-corrected chi connectivity index (χ2v) is 9.10. The van der Waals surface area contributed by atoms with E-state index in [1.807, 2.05) is 35.2 Å². The quantitative estimate of drug-likeness (QED) is 0.519. The summed E-state index contributed by atoms with van der Waals surface area (Å²) in [7, 11) is 0. The van der Waals surface area contributed by atoms with Crippen molar-refractivity contribution in [1.82, 2.24) is 4.90 Å². The predicted octanol–water partition coefficient (Wildman–Crippen LogP) is 5.85. The molecule has 2 aliphatic carbocycles. The number of nitrogens with zero attached hydrogens (tertiary/aromatic N) is 2. The third kappa shape index (κ3) is 3.33. The fourth-order valence-electron chi connectivity index (χ4n) is 5.56. The van der Waals surface area contributed by atoms with Crippen LogP contribution in [0.5, 0.6) is 0 Å². The van der Waals surface area contributed by atoms with Gasteiger partial charge in [0.2, 0.25) is 0 Å². The highest BCUT2D eigenvalue weighted by atomic mass is 16.2. The van der Waals surface area contributed by atoms with Gasteiger partial charge in [-0.2, -0.15) is 0 Å². The maximum atomic E-state index is 12.8. The van der Waals surface area contributed by atoms with E-state index in [0.29, 0.717) is 0 Å². The summed E-state index contributed by atoms with van der Waals surface area (Å²) in [5.74, 6) is 0.140. The standard InChI is InChI=1S/C29H28N2O/c32-29(22-7-2-1-3-8-22)31-18-16-30(17-19-31)24-12-15-26-23(20-24)11-14-27-25-9-5-4-6-21(25)10-13-28(26)27/h1-3,5,7-9,11-12,14-15,20H,4,6,10,13,16-19H2. The largest absolute Gasteiger partial charge is 0.368 e. The van der Waals surface area contributed by atoms with E-state index < -0.39 is 0 Å². The maximum Gasteiger partial charge on any atom is 0.253 e. The Balaban J connectivity index is 1.22. The van der Waals surface area contributed by atoms with Gasteiger partial charge < -0.3 is 9.80 Å². The molecule has 0 spiro atoms. The average Bonchev–Trinajstić information content (AvgIpc) is 2.88. The molecule has 0 aromatic heterocycles. The molecule has 3 aromatic rings. The smallest absolute Gasteiger partial charge is 0.253 e. The van der Waals surface area contributed by atoms with E-state index in [2.05, 4.69) is 47.4 Å². The van der Waals surface area contributed by atoms with Gasteiger partial charge in [-0.25, -0.2) is 0 Å². The lowest BCUT2D eigenvalue weighted by Gasteiger charge is -2.36. The Morgan fingerprint density at radius 3 is 2.50 bits per heavy atom. The number of carbonyl (C=O) groups excluding carboxylic acids is 1. The van der Waals surface area contributed by atoms with Gasteiger partial charge in [0.1, 0.15) is 0 Å². The van der Waals surface area contributed by atoms with Crippen LogP contribution in [0.15, 0.2) is 78.4 Å². The van der Waals surface area contributed by atoms with E-state index in [-0.39, 0.29) is 5.91 Å². The number of piperazine rings is 1. The van der Waals surface area contributed by atoms with Crippen LogP contribution < -0.4 is 4.90 Å². The van der Waals surface area contributed by atoms with E-state index in [4.69, 9.17) is 0 Å². The van der Waals surface area contributed by atoms with E-state index in [1.54, 1.807) is 5.57 Å². The Morgan fingerprint density at radius 2 is 1.66 bits per heavy atom. The summed E-state index contributed by atoms with van der Waals surface area (Å²) in [6.45, 7) is 3.27. The molecule has 0 bridgehead atoms. The summed E-state index contributed by atoms with van der Waals surface area (Å²) in [6.07, 6.45) is 9.43. The van der Waals surface area contributed by atoms with Crippen LogP contribution in [0, 0.1) is 0 Å². The lowest BCUT2D eigenvalue weighted by atomic mass is 9.79. The van der Waals surface area contributed by atoms with Gasteiger partial charge in [0, 0.05) is 37.4 Å². The van der Waals surface area contributed by atoms with Gasteiger partial charge in [-0.05, 0) is 77.4 Å². The number of benzene rings is 3. The van der Waals surface area contributed by atoms with Gasteiger partial charge >= 0.3 is 0 Å². The number of rotatable bonds is 2. The number of aryl methyl sites for hydroxylation is 1. The fourth-order valence-corrected chi connectivity index (χ4v) is 5.56. The van der Waals surface area contributed by atoms with Crippen LogP contribution in [-0.4, -0.2) is 37.0 Å². The van der Waals surface area contributed by atoms with Crippen LogP contribution in [0.25, 0.3) is 16.3 Å². The first-order valence-electron chi connectivity index (χ1n) is 11.8. The molecule has 1 amide bonds. The minimum atomic E-state index is 0.140. The number of carbonyl (C=O) groups is 1. The molecule has 6 rings (SSSR count). The molecule has 0 saturated carbocycles. The van der Waals surface area contributed by atoms with Crippen molar-refractivity contribution in [2.75, 3.05) is 31.1 Å². The molecule has 0 unspecified atom stereocenters. The van der Waals surface area contributed by atoms with E-state index in [9.17, 15) is 4.79 Å². The van der Waals surface area contributed by atoms with Crippen LogP contribution in [0.2, 0.25) is 0 Å². The van der Waals surface area contributed by atoms with Crippen molar-refractivity contribution in [3.8, 4) is 0 Å². The van der Waals surface area contributed by atoms with Crippen LogP contribution in [0.3, 0.4) is 0 Å². The van der Waals surface area contributed by atoms with E-state index in [1.165, 1.54) is 52.4 Å². The highest BCUT2D eigenvalue weighted by Gasteiger charge is 2.24. The van der Waals surface area contributed by atoms with Crippen molar-refractivity contribution in [1.29, 1.82) is 0 Å². The van der Waals surface area contributed by atoms with Gasteiger partial charge in [0.15, 0.2) is 0 Å². The van der Waals surface area contributed by atoms with Crippen LogP contribution >= 0.6 is 0 Å². The molecule has 3 aromatic carbocycles. The molecule has 1 fully saturated rings. The highest BCUT2D eigenvalue weighted by molar-refractivity contribution is 5.96. The molecule has 1 saturated heterocycles. The van der Waals surface area contributed by atoms with Crippen LogP contribution in [0.1, 0.15) is 40.7 Å². The SMILES string of the molecule is O=C(c1ccccc1)N1CCN(c2ccc3c4c(ccc3c2)C2=C(CCC=C2)CC4)CC1. The molecule has 32 heavy (non-hydrogen) atoms. The Bertz CT molecular complexity index is 1250. The van der Waals surface area contributed by atoms with Gasteiger partial charge in [0.25, 0.3) is 5.91 Å². The van der Waals surface area contributed by atoms with Crippen molar-refractivity contribution in [3.63, 3.8) is 0 Å². The number of fused-ring (bicyclic) bond motifs is 4. The second kappa shape index (κ2) is 7.98. The Kier molecular flexibility index (Phi) is 4.83. The summed E-state index contributed by atoms with van der Waals surface area (Å²) >= 11 is 0. The lowest BCUT2D eigenvalue weighted by molar-refractivity contribution is 0.0747. The summed E-state index contributed by atoms with van der Waals surface area (Å²) < 4.78 is 0. The monoisotopic (exact) mass is 420 g/mol. The van der Waals surface area contributed by atoms with Crippen LogP contribution in [0.4, 0.5) is 5.69 Å². The second-order valence-electron chi connectivity index (χ2n) is 9.10. The minimum absolute atomic E-state index is 0.140. The topological polar surface area (TPSA) is 23.6 Å². The Hall–Kier alpha value is -3.33. The first kappa shape index (κ1) is 19.4. The Morgan fingerprint density at radius 1 is 0.812 bits per heavy atom. The molecule has 3 heteroatoms. The Labute approximate surface area is 189 Å². The third-order valence-electron chi connectivity index (χ3n) is 7.31. The lowest BCUT2D eigenvalue weighted by Crippen LogP contribution is -2.48. The number of allylic oxidation sites excluding steroid dienone is 4. The zero-order valence-electron chi connectivity index (χ0n) is 18.4. The summed E-state index contributed by atoms with van der Waals surface area (Å²) in [6, 6.07) is 21.2. The molecule has 0 atom stereocenters. The van der Waals surface area contributed by atoms with Crippen molar-refractivity contribution in [3.05, 3.63) is 95.1 Å². The van der Waals surface area contributed by atoms with Gasteiger partial charge in [0.05, 0.1) is 0 Å². The number of hydrogen-bond acceptors (Lipinski definition) is 2. The first-order valence-corrected chi connectivity index (χ1v) is 11.8. The van der Waals surface area contributed by atoms with Gasteiger partial charge in [-0.3, -0.25) is 4.79 Å². The van der Waals surface area contributed by atoms with Crippen molar-refractivity contribution < 1.29 is 4.79 Å². The average molecular weight is 421 g/mol. The molecule has 3 aliphatic rings. The first-order chi connectivity index (χ1) is 15.8. The van der Waals surface area contributed by atoms with Gasteiger partial charge in [-0.1, -0.05) is 54.1 Å². The minimum Gasteiger partial charge on any atom is -0.368 e. The summed E-state index contributed by atoms with van der Waals surface area (Å²) in [5.41, 5.74) is 8.11. The summed E-state index contributed by atoms with van der Waals surface area (Å²) in [4.78, 5) is 17.1. The zero-order chi connectivity index (χ0) is 21.5. The van der Waals surface area contributed by atoms with Crippen molar-refractivity contribution in [2.24, 2.45) is 0 Å².